The zero-order chi connectivity index (χ0) is 25.7. The van der Waals surface area contributed by atoms with Crippen LogP contribution in [0.4, 0.5) is 0 Å². The molecule has 0 aliphatic carbocycles. The average molecular weight is 483 g/mol. The quantitative estimate of drug-likeness (QED) is 0.437. The van der Waals surface area contributed by atoms with Crippen LogP contribution in [0.3, 0.4) is 0 Å². The summed E-state index contributed by atoms with van der Waals surface area (Å²) in [5, 5.41) is 0. The Morgan fingerprint density at radius 3 is 2.29 bits per heavy atom. The molecule has 10 nitrogen and oxygen atoms in total. The van der Waals surface area contributed by atoms with Gasteiger partial charge >= 0.3 is 5.97 Å². The number of hydrogen-bond acceptors (Lipinski definition) is 8. The number of amides is 2. The van der Waals surface area contributed by atoms with Crippen molar-refractivity contribution in [2.45, 2.75) is 26.8 Å². The lowest BCUT2D eigenvalue weighted by Crippen LogP contribution is -2.55. The number of aryl methyl sites for hydroxylation is 2. The molecule has 0 N–H and O–H groups in total. The Morgan fingerprint density at radius 2 is 1.71 bits per heavy atom. The molecule has 1 fully saturated rings. The van der Waals surface area contributed by atoms with Crippen molar-refractivity contribution >= 4 is 17.8 Å². The van der Waals surface area contributed by atoms with E-state index in [2.05, 4.69) is 16.5 Å². The molecular formula is C25H30N4O6. The number of esters is 1. The number of carbonyl (C=O) groups excluding carboxylic acids is 3. The first-order valence-corrected chi connectivity index (χ1v) is 11.2. The molecule has 1 aliphatic heterocycles. The molecular weight excluding hydrogens is 452 g/mol. The Labute approximate surface area is 204 Å². The maximum Gasteiger partial charge on any atom is 0.342 e. The summed E-state index contributed by atoms with van der Waals surface area (Å²) in [6, 6.07) is 4.73. The number of hydrogen-bond donors (Lipinski definition) is 0. The molecule has 3 rings (SSSR count). The van der Waals surface area contributed by atoms with Gasteiger partial charge in [0.15, 0.2) is 0 Å². The fourth-order valence-corrected chi connectivity index (χ4v) is 4.01. The summed E-state index contributed by atoms with van der Waals surface area (Å²) in [6.45, 7) is 9.56. The van der Waals surface area contributed by atoms with Crippen molar-refractivity contribution in [3.8, 4) is 11.5 Å². The van der Waals surface area contributed by atoms with Gasteiger partial charge in [-0.25, -0.2) is 14.8 Å². The second kappa shape index (κ2) is 11.0. The van der Waals surface area contributed by atoms with Gasteiger partial charge < -0.3 is 24.0 Å². The van der Waals surface area contributed by atoms with Crippen LogP contribution in [0.1, 0.15) is 49.6 Å². The highest BCUT2D eigenvalue weighted by Crippen LogP contribution is 2.25. The Balaban J connectivity index is 1.82. The molecule has 0 bridgehead atoms. The summed E-state index contributed by atoms with van der Waals surface area (Å²) >= 11 is 0. The number of methoxy groups -OCH3 is 2. The molecule has 1 aromatic heterocycles. The topological polar surface area (TPSA) is 111 Å². The molecule has 35 heavy (non-hydrogen) atoms. The van der Waals surface area contributed by atoms with Gasteiger partial charge in [0.05, 0.1) is 19.9 Å². The van der Waals surface area contributed by atoms with E-state index in [4.69, 9.17) is 14.2 Å². The zero-order valence-electron chi connectivity index (χ0n) is 20.7. The maximum absolute atomic E-state index is 13.4. The van der Waals surface area contributed by atoms with Crippen LogP contribution in [0, 0.1) is 13.8 Å². The Bertz CT molecular complexity index is 1130. The van der Waals surface area contributed by atoms with Crippen molar-refractivity contribution in [3.63, 3.8) is 0 Å². The number of aromatic nitrogens is 2. The van der Waals surface area contributed by atoms with E-state index in [1.165, 1.54) is 20.3 Å². The zero-order valence-corrected chi connectivity index (χ0v) is 20.7. The summed E-state index contributed by atoms with van der Waals surface area (Å²) in [5.41, 5.74) is 0.830. The van der Waals surface area contributed by atoms with Crippen LogP contribution in [0.2, 0.25) is 0 Å². The summed E-state index contributed by atoms with van der Waals surface area (Å²) in [4.78, 5) is 51.1. The molecule has 1 aromatic carbocycles. The van der Waals surface area contributed by atoms with Gasteiger partial charge in [0.1, 0.15) is 35.2 Å². The molecule has 1 aliphatic rings. The number of carbonyl (C=O) groups is 3. The predicted octanol–water partition coefficient (Wildman–Crippen LogP) is 2.44. The minimum absolute atomic E-state index is 0.00595. The lowest BCUT2D eigenvalue weighted by Gasteiger charge is -2.40. The minimum atomic E-state index is -0.681. The molecule has 10 heteroatoms. The smallest absolute Gasteiger partial charge is 0.342 e. The van der Waals surface area contributed by atoms with Gasteiger partial charge in [-0.1, -0.05) is 12.7 Å². The Morgan fingerprint density at radius 1 is 1.06 bits per heavy atom. The lowest BCUT2D eigenvalue weighted by atomic mass is 10.1. The Kier molecular flexibility index (Phi) is 8.06. The van der Waals surface area contributed by atoms with Crippen molar-refractivity contribution in [2.24, 2.45) is 0 Å². The maximum atomic E-state index is 13.4. The molecule has 0 saturated carbocycles. The van der Waals surface area contributed by atoms with E-state index in [9.17, 15) is 14.4 Å². The summed E-state index contributed by atoms with van der Waals surface area (Å²) < 4.78 is 15.7. The molecule has 1 saturated heterocycles. The third-order valence-corrected chi connectivity index (χ3v) is 5.71. The number of rotatable bonds is 7. The van der Waals surface area contributed by atoms with E-state index in [-0.39, 0.29) is 42.9 Å². The molecule has 2 aromatic rings. The van der Waals surface area contributed by atoms with Gasteiger partial charge in [0, 0.05) is 37.3 Å². The van der Waals surface area contributed by atoms with E-state index >= 15 is 0 Å². The highest BCUT2D eigenvalue weighted by molar-refractivity contribution is 6.04. The molecule has 0 radical (unpaired) electrons. The van der Waals surface area contributed by atoms with E-state index in [0.717, 1.165) is 0 Å². The Hall–Kier alpha value is -3.95. The first kappa shape index (κ1) is 25.7. The van der Waals surface area contributed by atoms with Crippen LogP contribution in [-0.2, 0) is 4.74 Å². The van der Waals surface area contributed by atoms with Crippen LogP contribution >= 0.6 is 0 Å². The van der Waals surface area contributed by atoms with E-state index < -0.39 is 11.9 Å². The molecule has 1 unspecified atom stereocenters. The number of ether oxygens (including phenoxy) is 3. The van der Waals surface area contributed by atoms with Crippen molar-refractivity contribution in [2.75, 3.05) is 40.5 Å². The van der Waals surface area contributed by atoms with Crippen LogP contribution in [0.15, 0.2) is 30.9 Å². The van der Waals surface area contributed by atoms with Gasteiger partial charge in [-0.2, -0.15) is 0 Å². The summed E-state index contributed by atoms with van der Waals surface area (Å²) in [6.07, 6.45) is 1.44. The normalized spacial score (nSPS) is 15.4. The number of benzene rings is 1. The predicted molar refractivity (Wildman–Crippen MR) is 128 cm³/mol. The fourth-order valence-electron chi connectivity index (χ4n) is 4.01. The molecule has 2 amide bonds. The number of nitrogens with zero attached hydrogens (tertiary/aromatic N) is 4. The van der Waals surface area contributed by atoms with E-state index in [0.29, 0.717) is 35.1 Å². The average Bonchev–Trinajstić information content (AvgIpc) is 2.85. The molecule has 0 spiro atoms. The second-order valence-electron chi connectivity index (χ2n) is 8.17. The van der Waals surface area contributed by atoms with Crippen LogP contribution in [0.25, 0.3) is 0 Å². The van der Waals surface area contributed by atoms with Crippen molar-refractivity contribution in [3.05, 3.63) is 59.2 Å². The van der Waals surface area contributed by atoms with Gasteiger partial charge in [0.2, 0.25) is 0 Å². The third kappa shape index (κ3) is 5.59. The highest BCUT2D eigenvalue weighted by Gasteiger charge is 2.34. The first-order valence-electron chi connectivity index (χ1n) is 11.2. The van der Waals surface area contributed by atoms with Crippen LogP contribution < -0.4 is 9.47 Å². The van der Waals surface area contributed by atoms with Crippen molar-refractivity contribution < 1.29 is 28.6 Å². The number of piperazine rings is 1. The van der Waals surface area contributed by atoms with E-state index in [1.807, 2.05) is 6.92 Å². The van der Waals surface area contributed by atoms with E-state index in [1.54, 1.807) is 41.8 Å². The lowest BCUT2D eigenvalue weighted by molar-refractivity contribution is 0.0406. The SMILES string of the molecule is C=CCOC(=O)c1c(C)nc(C)nc1C(=O)N1CCN(C(=O)c2cc(OC)cc(OC)c2)C(C)C1. The van der Waals surface area contributed by atoms with Gasteiger partial charge in [-0.05, 0) is 32.9 Å². The molecule has 1 atom stereocenters. The van der Waals surface area contributed by atoms with Crippen molar-refractivity contribution in [1.82, 2.24) is 19.8 Å². The summed E-state index contributed by atoms with van der Waals surface area (Å²) in [5.74, 6) is 0.119. The highest BCUT2D eigenvalue weighted by atomic mass is 16.5. The van der Waals surface area contributed by atoms with Gasteiger partial charge in [0.25, 0.3) is 11.8 Å². The van der Waals surface area contributed by atoms with Crippen LogP contribution in [-0.4, -0.2) is 84.1 Å². The largest absolute Gasteiger partial charge is 0.497 e. The monoisotopic (exact) mass is 482 g/mol. The molecule has 186 valence electrons. The second-order valence-corrected chi connectivity index (χ2v) is 8.17. The van der Waals surface area contributed by atoms with Gasteiger partial charge in [-0.3, -0.25) is 9.59 Å². The van der Waals surface area contributed by atoms with Crippen molar-refractivity contribution in [1.29, 1.82) is 0 Å². The van der Waals surface area contributed by atoms with Gasteiger partial charge in [-0.15, -0.1) is 0 Å². The first-order chi connectivity index (χ1) is 16.7. The summed E-state index contributed by atoms with van der Waals surface area (Å²) in [7, 11) is 3.04. The molecule has 2 heterocycles. The minimum Gasteiger partial charge on any atom is -0.497 e. The standard InChI is InChI=1S/C25H30N4O6/c1-7-10-35-25(32)21-16(3)26-17(4)27-22(21)24(31)28-8-9-29(15(2)14-28)23(30)18-11-19(33-5)13-20(12-18)34-6/h7,11-13,15H,1,8-10,14H2,2-6H3. The third-order valence-electron chi connectivity index (χ3n) is 5.71. The fraction of sp³-hybridized carbons (Fsp3) is 0.400. The van der Waals surface area contributed by atoms with Crippen LogP contribution in [0.5, 0.6) is 11.5 Å².